The van der Waals surface area contributed by atoms with Crippen molar-refractivity contribution < 1.29 is 22.9 Å². The van der Waals surface area contributed by atoms with Crippen molar-refractivity contribution in [3.63, 3.8) is 0 Å². The number of anilines is 1. The molecule has 0 aliphatic rings. The van der Waals surface area contributed by atoms with E-state index in [-0.39, 0.29) is 11.4 Å². The first kappa shape index (κ1) is 14.5. The zero-order chi connectivity index (χ0) is 14.1. The monoisotopic (exact) mass is 273 g/mol. The standard InChI is InChI=1S/C11H15NO5S/c1-11(2,3)10(14)12-8-5-4-7(13)6-9(8)18(15,16)17/h4-6,13H,1-3H3,(H,12,14)(H,15,16,17). The summed E-state index contributed by atoms with van der Waals surface area (Å²) >= 11 is 0. The SMILES string of the molecule is CC(C)(C)C(=O)Nc1ccc(O)cc1S(=O)(=O)O. The van der Waals surface area contributed by atoms with Crippen LogP contribution in [0.15, 0.2) is 23.1 Å². The number of aromatic hydroxyl groups is 1. The van der Waals surface area contributed by atoms with E-state index in [2.05, 4.69) is 5.32 Å². The van der Waals surface area contributed by atoms with Gasteiger partial charge in [-0.05, 0) is 12.1 Å². The summed E-state index contributed by atoms with van der Waals surface area (Å²) in [5.74, 6) is -0.727. The van der Waals surface area contributed by atoms with Crippen LogP contribution in [0.4, 0.5) is 5.69 Å². The highest BCUT2D eigenvalue weighted by atomic mass is 32.2. The van der Waals surface area contributed by atoms with E-state index in [9.17, 15) is 18.3 Å². The Kier molecular flexibility index (Phi) is 3.68. The van der Waals surface area contributed by atoms with Crippen LogP contribution in [0.2, 0.25) is 0 Å². The molecule has 0 spiro atoms. The zero-order valence-electron chi connectivity index (χ0n) is 10.3. The Labute approximate surface area is 105 Å². The number of carbonyl (C=O) groups is 1. The number of benzene rings is 1. The van der Waals surface area contributed by atoms with Crippen LogP contribution in [0.25, 0.3) is 0 Å². The van der Waals surface area contributed by atoms with Crippen molar-refractivity contribution >= 4 is 21.7 Å². The maximum atomic E-state index is 11.7. The third-order valence-corrected chi connectivity index (χ3v) is 3.07. The van der Waals surface area contributed by atoms with Crippen LogP contribution >= 0.6 is 0 Å². The molecule has 1 aromatic rings. The number of phenols is 1. The highest BCUT2D eigenvalue weighted by molar-refractivity contribution is 7.86. The van der Waals surface area contributed by atoms with E-state index in [1.54, 1.807) is 20.8 Å². The lowest BCUT2D eigenvalue weighted by Crippen LogP contribution is -2.28. The quantitative estimate of drug-likeness (QED) is 0.561. The summed E-state index contributed by atoms with van der Waals surface area (Å²) in [5, 5.41) is 11.6. The highest BCUT2D eigenvalue weighted by Gasteiger charge is 2.24. The second kappa shape index (κ2) is 4.58. The Morgan fingerprint density at radius 3 is 2.28 bits per heavy atom. The van der Waals surface area contributed by atoms with Gasteiger partial charge in [-0.2, -0.15) is 8.42 Å². The smallest absolute Gasteiger partial charge is 0.296 e. The first-order valence-corrected chi connectivity index (χ1v) is 6.58. The first-order valence-electron chi connectivity index (χ1n) is 5.14. The molecular formula is C11H15NO5S. The average Bonchev–Trinajstić information content (AvgIpc) is 2.17. The van der Waals surface area contributed by atoms with Crippen LogP contribution in [0.3, 0.4) is 0 Å². The molecule has 0 bridgehead atoms. The number of rotatable bonds is 2. The van der Waals surface area contributed by atoms with Gasteiger partial charge in [0.2, 0.25) is 5.91 Å². The minimum atomic E-state index is -4.52. The molecule has 0 radical (unpaired) electrons. The second-order valence-corrected chi connectivity index (χ2v) is 6.25. The normalized spacial score (nSPS) is 12.2. The van der Waals surface area contributed by atoms with Gasteiger partial charge in [-0.25, -0.2) is 0 Å². The van der Waals surface area contributed by atoms with E-state index < -0.39 is 26.3 Å². The molecule has 3 N–H and O–H groups in total. The molecule has 0 unspecified atom stereocenters. The average molecular weight is 273 g/mol. The lowest BCUT2D eigenvalue weighted by Gasteiger charge is -2.18. The van der Waals surface area contributed by atoms with Crippen LogP contribution in [0.1, 0.15) is 20.8 Å². The molecule has 1 amide bonds. The van der Waals surface area contributed by atoms with Crippen molar-refractivity contribution in [2.75, 3.05) is 5.32 Å². The molecular weight excluding hydrogens is 258 g/mol. The Hall–Kier alpha value is -1.60. The Balaban J connectivity index is 3.23. The van der Waals surface area contributed by atoms with Gasteiger partial charge in [0.1, 0.15) is 10.6 Å². The predicted octanol–water partition coefficient (Wildman–Crippen LogP) is 1.62. The number of carbonyl (C=O) groups excluding carboxylic acids is 1. The van der Waals surface area contributed by atoms with E-state index in [1.807, 2.05) is 0 Å². The summed E-state index contributed by atoms with van der Waals surface area (Å²) in [6.07, 6.45) is 0. The van der Waals surface area contributed by atoms with E-state index in [4.69, 9.17) is 4.55 Å². The molecule has 1 rings (SSSR count). The number of phenolic OH excluding ortho intramolecular Hbond substituents is 1. The molecule has 0 saturated heterocycles. The van der Waals surface area contributed by atoms with Gasteiger partial charge >= 0.3 is 0 Å². The van der Waals surface area contributed by atoms with Gasteiger partial charge < -0.3 is 10.4 Å². The van der Waals surface area contributed by atoms with Crippen LogP contribution < -0.4 is 5.32 Å². The minimum Gasteiger partial charge on any atom is -0.508 e. The number of hydrogen-bond donors (Lipinski definition) is 3. The summed E-state index contributed by atoms with van der Waals surface area (Å²) in [5.41, 5.74) is -0.788. The molecule has 100 valence electrons. The Morgan fingerprint density at radius 1 is 1.28 bits per heavy atom. The topological polar surface area (TPSA) is 104 Å². The predicted molar refractivity (Wildman–Crippen MR) is 66.0 cm³/mol. The molecule has 0 fully saturated rings. The maximum Gasteiger partial charge on any atom is 0.296 e. The summed E-state index contributed by atoms with van der Waals surface area (Å²) in [6.45, 7) is 4.99. The Morgan fingerprint density at radius 2 is 1.83 bits per heavy atom. The molecule has 0 aliphatic carbocycles. The van der Waals surface area contributed by atoms with Gasteiger partial charge in [0.05, 0.1) is 5.69 Å². The maximum absolute atomic E-state index is 11.7. The zero-order valence-corrected chi connectivity index (χ0v) is 11.1. The van der Waals surface area contributed by atoms with Crippen LogP contribution in [0, 0.1) is 5.41 Å². The first-order chi connectivity index (χ1) is 8.01. The summed E-state index contributed by atoms with van der Waals surface area (Å²) < 4.78 is 31.3. The number of nitrogens with one attached hydrogen (secondary N) is 1. The van der Waals surface area contributed by atoms with E-state index in [0.717, 1.165) is 6.07 Å². The van der Waals surface area contributed by atoms with Crippen molar-refractivity contribution in [2.24, 2.45) is 5.41 Å². The van der Waals surface area contributed by atoms with E-state index in [1.165, 1.54) is 12.1 Å². The fourth-order valence-electron chi connectivity index (χ4n) is 1.14. The second-order valence-electron chi connectivity index (χ2n) is 4.86. The van der Waals surface area contributed by atoms with Gasteiger partial charge in [-0.1, -0.05) is 20.8 Å². The molecule has 0 aliphatic heterocycles. The van der Waals surface area contributed by atoms with Gasteiger partial charge in [0.15, 0.2) is 0 Å². The van der Waals surface area contributed by atoms with Crippen molar-refractivity contribution in [1.82, 2.24) is 0 Å². The van der Waals surface area contributed by atoms with E-state index >= 15 is 0 Å². The van der Waals surface area contributed by atoms with E-state index in [0.29, 0.717) is 0 Å². The fourth-order valence-corrected chi connectivity index (χ4v) is 1.80. The largest absolute Gasteiger partial charge is 0.508 e. The molecule has 0 saturated carbocycles. The van der Waals surface area contributed by atoms with Crippen LogP contribution in [0.5, 0.6) is 5.75 Å². The summed E-state index contributed by atoms with van der Waals surface area (Å²) in [7, 11) is -4.52. The van der Waals surface area contributed by atoms with Crippen molar-refractivity contribution in [3.8, 4) is 5.75 Å². The highest BCUT2D eigenvalue weighted by Crippen LogP contribution is 2.27. The van der Waals surface area contributed by atoms with Gasteiger partial charge in [0.25, 0.3) is 10.1 Å². The third-order valence-electron chi connectivity index (χ3n) is 2.17. The fraction of sp³-hybridized carbons (Fsp3) is 0.364. The molecule has 7 heteroatoms. The van der Waals surface area contributed by atoms with Gasteiger partial charge in [-0.15, -0.1) is 0 Å². The summed E-state index contributed by atoms with van der Waals surface area (Å²) in [6, 6.07) is 3.29. The molecule has 0 heterocycles. The minimum absolute atomic E-state index is 0.0739. The number of amides is 1. The summed E-state index contributed by atoms with van der Waals surface area (Å²) in [4.78, 5) is 11.2. The number of hydrogen-bond acceptors (Lipinski definition) is 4. The molecule has 0 atom stereocenters. The van der Waals surface area contributed by atoms with Crippen LogP contribution in [-0.2, 0) is 14.9 Å². The molecule has 6 nitrogen and oxygen atoms in total. The van der Waals surface area contributed by atoms with Gasteiger partial charge in [0, 0.05) is 11.5 Å². The molecule has 1 aromatic carbocycles. The van der Waals surface area contributed by atoms with Gasteiger partial charge in [-0.3, -0.25) is 9.35 Å². The van der Waals surface area contributed by atoms with Crippen molar-refractivity contribution in [1.29, 1.82) is 0 Å². The van der Waals surface area contributed by atoms with Crippen molar-refractivity contribution in [3.05, 3.63) is 18.2 Å². The molecule has 0 aromatic heterocycles. The lowest BCUT2D eigenvalue weighted by molar-refractivity contribution is -0.123. The lowest BCUT2D eigenvalue weighted by atomic mass is 9.95. The van der Waals surface area contributed by atoms with Crippen molar-refractivity contribution in [2.45, 2.75) is 25.7 Å². The third kappa shape index (κ3) is 3.44. The van der Waals surface area contributed by atoms with Crippen LogP contribution in [-0.4, -0.2) is 24.0 Å². The molecule has 18 heavy (non-hydrogen) atoms. The Bertz CT molecular complexity index is 572.